The Morgan fingerprint density at radius 3 is 2.44 bits per heavy atom. The standard InChI is InChI=1S/C16H17N3O6/c1-4-25-16(20)13-9(2)17-10(3)15(19(23)24)14(13)11-6-5-7-12(8-11)18(21)22/h5-8,14,17H,4H2,1-3H3. The van der Waals surface area contributed by atoms with E-state index in [4.69, 9.17) is 4.74 Å². The number of allylic oxidation sites excluding steroid dienone is 3. The minimum absolute atomic E-state index is 0.0691. The molecule has 0 saturated carbocycles. The molecule has 1 aliphatic heterocycles. The Labute approximate surface area is 143 Å². The second-order valence-electron chi connectivity index (χ2n) is 5.44. The normalized spacial score (nSPS) is 17.2. The van der Waals surface area contributed by atoms with Crippen LogP contribution in [0.5, 0.6) is 0 Å². The van der Waals surface area contributed by atoms with Gasteiger partial charge in [0.15, 0.2) is 0 Å². The molecule has 1 aromatic carbocycles. The van der Waals surface area contributed by atoms with Gasteiger partial charge in [-0.15, -0.1) is 0 Å². The maximum atomic E-state index is 12.4. The summed E-state index contributed by atoms with van der Waals surface area (Å²) in [6, 6.07) is 5.47. The number of carbonyl (C=O) groups excluding carboxylic acids is 1. The fraction of sp³-hybridized carbons (Fsp3) is 0.312. The van der Waals surface area contributed by atoms with E-state index in [0.717, 1.165) is 0 Å². The van der Waals surface area contributed by atoms with Crippen LogP contribution in [0.3, 0.4) is 0 Å². The van der Waals surface area contributed by atoms with Crippen LogP contribution >= 0.6 is 0 Å². The molecule has 0 aliphatic carbocycles. The maximum absolute atomic E-state index is 12.4. The first-order chi connectivity index (χ1) is 11.8. The molecule has 25 heavy (non-hydrogen) atoms. The third kappa shape index (κ3) is 3.49. The Morgan fingerprint density at radius 2 is 1.88 bits per heavy atom. The molecule has 9 nitrogen and oxygen atoms in total. The van der Waals surface area contributed by atoms with Crippen LogP contribution in [0.1, 0.15) is 32.3 Å². The van der Waals surface area contributed by atoms with Gasteiger partial charge in [0.05, 0.1) is 27.7 Å². The van der Waals surface area contributed by atoms with E-state index in [1.165, 1.54) is 31.2 Å². The van der Waals surface area contributed by atoms with Crippen molar-refractivity contribution in [3.05, 3.63) is 72.7 Å². The molecule has 1 aromatic rings. The second kappa shape index (κ2) is 7.12. The van der Waals surface area contributed by atoms with Crippen molar-refractivity contribution in [2.75, 3.05) is 6.61 Å². The summed E-state index contributed by atoms with van der Waals surface area (Å²) in [7, 11) is 0. The van der Waals surface area contributed by atoms with Crippen LogP contribution in [0, 0.1) is 20.2 Å². The van der Waals surface area contributed by atoms with Crippen LogP contribution in [0.25, 0.3) is 0 Å². The lowest BCUT2D eigenvalue weighted by atomic mass is 9.84. The molecule has 1 unspecified atom stereocenters. The van der Waals surface area contributed by atoms with Gasteiger partial charge in [-0.25, -0.2) is 4.79 Å². The molecular formula is C16H17N3O6. The van der Waals surface area contributed by atoms with E-state index in [1.54, 1.807) is 13.8 Å². The van der Waals surface area contributed by atoms with Gasteiger partial charge in [0.25, 0.3) is 11.4 Å². The van der Waals surface area contributed by atoms with Gasteiger partial charge in [-0.1, -0.05) is 12.1 Å². The molecule has 0 saturated heterocycles. The fourth-order valence-electron chi connectivity index (χ4n) is 2.85. The number of esters is 1. The van der Waals surface area contributed by atoms with Crippen molar-refractivity contribution in [2.24, 2.45) is 0 Å². The van der Waals surface area contributed by atoms with Gasteiger partial charge in [-0.2, -0.15) is 0 Å². The fourth-order valence-corrected chi connectivity index (χ4v) is 2.85. The number of non-ortho nitro benzene ring substituents is 1. The molecule has 0 aromatic heterocycles. The highest BCUT2D eigenvalue weighted by molar-refractivity contribution is 5.92. The van der Waals surface area contributed by atoms with Crippen molar-refractivity contribution in [3.63, 3.8) is 0 Å². The molecule has 0 radical (unpaired) electrons. The molecular weight excluding hydrogens is 330 g/mol. The molecule has 0 fully saturated rings. The van der Waals surface area contributed by atoms with E-state index in [-0.39, 0.29) is 34.8 Å². The topological polar surface area (TPSA) is 125 Å². The summed E-state index contributed by atoms with van der Waals surface area (Å²) >= 11 is 0. The number of dihydropyridines is 1. The predicted molar refractivity (Wildman–Crippen MR) is 88.0 cm³/mol. The monoisotopic (exact) mass is 347 g/mol. The maximum Gasteiger partial charge on any atom is 0.336 e. The number of ether oxygens (including phenoxy) is 1. The summed E-state index contributed by atoms with van der Waals surface area (Å²) < 4.78 is 5.03. The number of nitrogens with one attached hydrogen (secondary N) is 1. The van der Waals surface area contributed by atoms with E-state index in [9.17, 15) is 25.0 Å². The SMILES string of the molecule is CCOC(=O)C1=C(C)NC(C)=C([N+](=O)[O-])C1c1cccc([N+](=O)[O-])c1. The highest BCUT2D eigenvalue weighted by Crippen LogP contribution is 2.39. The van der Waals surface area contributed by atoms with Gasteiger partial charge in [0.2, 0.25) is 0 Å². The first-order valence-corrected chi connectivity index (χ1v) is 7.52. The molecule has 132 valence electrons. The Balaban J connectivity index is 2.69. The number of hydrogen-bond acceptors (Lipinski definition) is 7. The summed E-state index contributed by atoms with van der Waals surface area (Å²) in [5, 5.41) is 25.5. The molecule has 1 atom stereocenters. The molecule has 1 N–H and O–H groups in total. The predicted octanol–water partition coefficient (Wildman–Crippen LogP) is 2.63. The average molecular weight is 347 g/mol. The third-order valence-electron chi connectivity index (χ3n) is 3.83. The number of benzene rings is 1. The summed E-state index contributed by atoms with van der Waals surface area (Å²) in [6.07, 6.45) is 0. The van der Waals surface area contributed by atoms with Gasteiger partial charge >= 0.3 is 5.97 Å². The van der Waals surface area contributed by atoms with Crippen molar-refractivity contribution < 1.29 is 19.4 Å². The number of hydrogen-bond donors (Lipinski definition) is 1. The Hall–Kier alpha value is -3.23. The molecule has 1 heterocycles. The first-order valence-electron chi connectivity index (χ1n) is 7.52. The molecule has 9 heteroatoms. The lowest BCUT2D eigenvalue weighted by Gasteiger charge is -2.26. The third-order valence-corrected chi connectivity index (χ3v) is 3.83. The van der Waals surface area contributed by atoms with Crippen LogP contribution in [0.4, 0.5) is 5.69 Å². The number of nitro groups is 2. The smallest absolute Gasteiger partial charge is 0.336 e. The lowest BCUT2D eigenvalue weighted by Crippen LogP contribution is -2.31. The zero-order valence-electron chi connectivity index (χ0n) is 13.9. The van der Waals surface area contributed by atoms with Gasteiger partial charge in [-0.05, 0) is 26.3 Å². The van der Waals surface area contributed by atoms with Crippen LogP contribution < -0.4 is 5.32 Å². The number of nitro benzene ring substituents is 1. The van der Waals surface area contributed by atoms with Crippen molar-refractivity contribution in [1.82, 2.24) is 5.32 Å². The average Bonchev–Trinajstić information content (AvgIpc) is 2.53. The minimum Gasteiger partial charge on any atom is -0.463 e. The highest BCUT2D eigenvalue weighted by atomic mass is 16.6. The number of nitrogens with zero attached hydrogens (tertiary/aromatic N) is 2. The summed E-state index contributed by atoms with van der Waals surface area (Å²) in [6.45, 7) is 4.86. The number of rotatable bonds is 5. The van der Waals surface area contributed by atoms with Gasteiger partial charge in [-0.3, -0.25) is 20.2 Å². The largest absolute Gasteiger partial charge is 0.463 e. The zero-order chi connectivity index (χ0) is 18.7. The second-order valence-corrected chi connectivity index (χ2v) is 5.44. The molecule has 1 aliphatic rings. The molecule has 0 bridgehead atoms. The van der Waals surface area contributed by atoms with Crippen LogP contribution in [0.2, 0.25) is 0 Å². The van der Waals surface area contributed by atoms with Crippen molar-refractivity contribution in [1.29, 1.82) is 0 Å². The molecule has 0 spiro atoms. The van der Waals surface area contributed by atoms with Gasteiger partial charge in [0, 0.05) is 17.8 Å². The number of carbonyl (C=O) groups is 1. The van der Waals surface area contributed by atoms with Crippen molar-refractivity contribution in [3.8, 4) is 0 Å². The molecule has 2 rings (SSSR count). The van der Waals surface area contributed by atoms with E-state index in [1.807, 2.05) is 0 Å². The summed E-state index contributed by atoms with van der Waals surface area (Å²) in [5.41, 5.74) is 0.584. The van der Waals surface area contributed by atoms with Crippen LogP contribution in [0.15, 0.2) is 46.9 Å². The quantitative estimate of drug-likeness (QED) is 0.493. The van der Waals surface area contributed by atoms with Crippen molar-refractivity contribution in [2.45, 2.75) is 26.7 Å². The Kier molecular flexibility index (Phi) is 5.16. The Bertz CT molecular complexity index is 812. The molecule has 0 amide bonds. The van der Waals surface area contributed by atoms with E-state index >= 15 is 0 Å². The van der Waals surface area contributed by atoms with Crippen LogP contribution in [-0.4, -0.2) is 22.4 Å². The lowest BCUT2D eigenvalue weighted by molar-refractivity contribution is -0.431. The zero-order valence-corrected chi connectivity index (χ0v) is 13.9. The highest BCUT2D eigenvalue weighted by Gasteiger charge is 2.41. The minimum atomic E-state index is -1.06. The van der Waals surface area contributed by atoms with E-state index < -0.39 is 21.7 Å². The summed E-state index contributed by atoms with van der Waals surface area (Å²) in [4.78, 5) is 33.9. The van der Waals surface area contributed by atoms with E-state index in [0.29, 0.717) is 5.70 Å². The van der Waals surface area contributed by atoms with E-state index in [2.05, 4.69) is 5.32 Å². The van der Waals surface area contributed by atoms with Crippen LogP contribution in [-0.2, 0) is 9.53 Å². The first kappa shape index (κ1) is 18.1. The van der Waals surface area contributed by atoms with Gasteiger partial charge < -0.3 is 10.1 Å². The van der Waals surface area contributed by atoms with Gasteiger partial charge in [0.1, 0.15) is 5.92 Å². The van der Waals surface area contributed by atoms with Crippen molar-refractivity contribution >= 4 is 11.7 Å². The Morgan fingerprint density at radius 1 is 1.20 bits per heavy atom. The summed E-state index contributed by atoms with van der Waals surface area (Å²) in [5.74, 6) is -1.76.